The zero-order chi connectivity index (χ0) is 15.4. The summed E-state index contributed by atoms with van der Waals surface area (Å²) < 4.78 is 18.3. The first kappa shape index (κ1) is 15.2. The fourth-order valence-corrected chi connectivity index (χ4v) is 2.91. The monoisotopic (exact) mass is 304 g/mol. The number of hydrogen-bond acceptors (Lipinski definition) is 3. The van der Waals surface area contributed by atoms with Crippen LogP contribution in [0.2, 0.25) is 0 Å². The first-order chi connectivity index (χ1) is 10.7. The lowest BCUT2D eigenvalue weighted by atomic mass is 9.99. The van der Waals surface area contributed by atoms with Gasteiger partial charge in [0.05, 0.1) is 13.2 Å². The Balaban J connectivity index is 1.55. The zero-order valence-corrected chi connectivity index (χ0v) is 12.6. The fourth-order valence-electron chi connectivity index (χ4n) is 2.91. The highest BCUT2D eigenvalue weighted by atomic mass is 19.1. The van der Waals surface area contributed by atoms with E-state index in [0.717, 1.165) is 31.7 Å². The molecule has 0 spiro atoms. The minimum absolute atomic E-state index is 0.128. The largest absolute Gasteiger partial charge is 0.378 e. The number of ether oxygens (including phenoxy) is 1. The van der Waals surface area contributed by atoms with Crippen LogP contribution in [0.4, 0.5) is 4.39 Å². The first-order valence-electron chi connectivity index (χ1n) is 7.76. The van der Waals surface area contributed by atoms with Crippen LogP contribution in [-0.2, 0) is 9.53 Å². The van der Waals surface area contributed by atoms with Gasteiger partial charge in [-0.25, -0.2) is 4.39 Å². The molecule has 4 nitrogen and oxygen atoms in total. The number of hydrogen-bond donors (Lipinski definition) is 1. The molecule has 3 rings (SSSR count). The average molecular weight is 304 g/mol. The maximum absolute atomic E-state index is 13.0. The molecule has 5 heteroatoms. The molecule has 0 aromatic heterocycles. The second kappa shape index (κ2) is 7.03. The maximum atomic E-state index is 13.0. The van der Waals surface area contributed by atoms with Crippen LogP contribution in [0.5, 0.6) is 0 Å². The highest BCUT2D eigenvalue weighted by Crippen LogP contribution is 2.23. The third-order valence-corrected chi connectivity index (χ3v) is 4.20. The summed E-state index contributed by atoms with van der Waals surface area (Å²) in [6.07, 6.45) is 3.37. The van der Waals surface area contributed by atoms with Gasteiger partial charge in [-0.2, -0.15) is 0 Å². The lowest BCUT2D eigenvalue weighted by molar-refractivity contribution is -0.132. The van der Waals surface area contributed by atoms with Crippen LogP contribution in [0.3, 0.4) is 0 Å². The van der Waals surface area contributed by atoms with E-state index < -0.39 is 0 Å². The zero-order valence-electron chi connectivity index (χ0n) is 12.6. The van der Waals surface area contributed by atoms with E-state index in [0.29, 0.717) is 19.6 Å². The molecule has 1 fully saturated rings. The molecular weight excluding hydrogens is 283 g/mol. The van der Waals surface area contributed by atoms with Crippen molar-refractivity contribution in [2.45, 2.75) is 18.9 Å². The summed E-state index contributed by atoms with van der Waals surface area (Å²) >= 11 is 0. The van der Waals surface area contributed by atoms with Gasteiger partial charge in [-0.15, -0.1) is 0 Å². The van der Waals surface area contributed by atoms with Gasteiger partial charge in [-0.05, 0) is 29.7 Å². The number of rotatable bonds is 3. The summed E-state index contributed by atoms with van der Waals surface area (Å²) in [6.45, 7) is 3.48. The van der Waals surface area contributed by atoms with E-state index in [-0.39, 0.29) is 17.8 Å². The van der Waals surface area contributed by atoms with Gasteiger partial charge in [0, 0.05) is 32.1 Å². The number of halogens is 1. The molecule has 1 amide bonds. The van der Waals surface area contributed by atoms with E-state index in [9.17, 15) is 9.18 Å². The summed E-state index contributed by atoms with van der Waals surface area (Å²) in [5, 5.41) is 3.31. The molecule has 1 N–H and O–H groups in total. The predicted molar refractivity (Wildman–Crippen MR) is 82.8 cm³/mol. The van der Waals surface area contributed by atoms with Crippen LogP contribution < -0.4 is 5.32 Å². The smallest absolute Gasteiger partial charge is 0.224 e. The van der Waals surface area contributed by atoms with Crippen LogP contribution in [0, 0.1) is 5.82 Å². The summed E-state index contributed by atoms with van der Waals surface area (Å²) in [6, 6.07) is 6.66. The van der Waals surface area contributed by atoms with Crippen molar-refractivity contribution in [2.75, 3.05) is 32.8 Å². The third kappa shape index (κ3) is 3.72. The quantitative estimate of drug-likeness (QED) is 0.926. The molecule has 0 unspecified atom stereocenters. The number of amides is 1. The molecule has 1 saturated heterocycles. The van der Waals surface area contributed by atoms with Crippen molar-refractivity contribution in [3.63, 3.8) is 0 Å². The molecule has 22 heavy (non-hydrogen) atoms. The average Bonchev–Trinajstić information content (AvgIpc) is 2.57. The van der Waals surface area contributed by atoms with Gasteiger partial charge < -0.3 is 15.0 Å². The summed E-state index contributed by atoms with van der Waals surface area (Å²) in [7, 11) is 0. The maximum Gasteiger partial charge on any atom is 0.224 e. The normalized spacial score (nSPS) is 22.3. The molecule has 118 valence electrons. The molecule has 2 heterocycles. The van der Waals surface area contributed by atoms with Crippen LogP contribution >= 0.6 is 0 Å². The van der Waals surface area contributed by atoms with Crippen LogP contribution in [0.1, 0.15) is 18.4 Å². The van der Waals surface area contributed by atoms with Gasteiger partial charge in [0.25, 0.3) is 0 Å². The van der Waals surface area contributed by atoms with Gasteiger partial charge in [-0.3, -0.25) is 4.79 Å². The second-order valence-corrected chi connectivity index (χ2v) is 5.76. The van der Waals surface area contributed by atoms with Crippen molar-refractivity contribution >= 4 is 11.5 Å². The predicted octanol–water partition coefficient (Wildman–Crippen LogP) is 1.82. The van der Waals surface area contributed by atoms with Crippen molar-refractivity contribution in [1.82, 2.24) is 10.2 Å². The van der Waals surface area contributed by atoms with Crippen molar-refractivity contribution in [3.8, 4) is 0 Å². The number of benzene rings is 1. The summed E-state index contributed by atoms with van der Waals surface area (Å²) in [5.74, 6) is -0.0587. The molecule has 1 atom stereocenters. The van der Waals surface area contributed by atoms with E-state index in [1.165, 1.54) is 17.7 Å². The number of carbonyl (C=O) groups is 1. The lowest BCUT2D eigenvalue weighted by Gasteiger charge is -2.30. The highest BCUT2D eigenvalue weighted by Gasteiger charge is 2.22. The van der Waals surface area contributed by atoms with E-state index >= 15 is 0 Å². The summed E-state index contributed by atoms with van der Waals surface area (Å²) in [4.78, 5) is 14.2. The minimum Gasteiger partial charge on any atom is -0.378 e. The Morgan fingerprint density at radius 1 is 1.36 bits per heavy atom. The molecule has 0 bridgehead atoms. The van der Waals surface area contributed by atoms with Crippen LogP contribution in [0.25, 0.3) is 5.57 Å². The second-order valence-electron chi connectivity index (χ2n) is 5.76. The van der Waals surface area contributed by atoms with Gasteiger partial charge in [0.15, 0.2) is 0 Å². The molecule has 2 aliphatic heterocycles. The van der Waals surface area contributed by atoms with E-state index in [2.05, 4.69) is 11.4 Å². The topological polar surface area (TPSA) is 41.6 Å². The van der Waals surface area contributed by atoms with Crippen LogP contribution in [-0.4, -0.2) is 49.7 Å². The summed E-state index contributed by atoms with van der Waals surface area (Å²) in [5.41, 5.74) is 2.22. The molecule has 2 aliphatic rings. The Morgan fingerprint density at radius 2 is 2.18 bits per heavy atom. The molecule has 1 aromatic rings. The number of nitrogens with zero attached hydrogens (tertiary/aromatic N) is 1. The van der Waals surface area contributed by atoms with E-state index in [1.807, 2.05) is 4.90 Å². The van der Waals surface area contributed by atoms with Gasteiger partial charge in [-0.1, -0.05) is 18.2 Å². The number of nitrogens with one attached hydrogen (secondary N) is 1. The Hall–Kier alpha value is -1.72. The van der Waals surface area contributed by atoms with Gasteiger partial charge in [0.2, 0.25) is 5.91 Å². The van der Waals surface area contributed by atoms with Crippen molar-refractivity contribution in [2.24, 2.45) is 0 Å². The first-order valence-corrected chi connectivity index (χ1v) is 7.76. The minimum atomic E-state index is -0.223. The van der Waals surface area contributed by atoms with E-state index in [1.54, 1.807) is 12.1 Å². The molecule has 0 saturated carbocycles. The Labute approximate surface area is 129 Å². The van der Waals surface area contributed by atoms with Crippen LogP contribution in [0.15, 0.2) is 30.3 Å². The third-order valence-electron chi connectivity index (χ3n) is 4.20. The van der Waals surface area contributed by atoms with E-state index in [4.69, 9.17) is 4.74 Å². The van der Waals surface area contributed by atoms with Gasteiger partial charge in [0.1, 0.15) is 5.82 Å². The lowest BCUT2D eigenvalue weighted by Crippen LogP contribution is -2.45. The molecule has 1 aromatic carbocycles. The Morgan fingerprint density at radius 3 is 2.82 bits per heavy atom. The number of morpholine rings is 1. The molecule has 0 radical (unpaired) electrons. The standard InChI is InChI=1S/C17H21FN2O2/c18-15-3-1-13(2-4-15)14-5-8-20(9-6-14)17(21)11-16-12-22-10-7-19-16/h1-5,16,19H,6-12H2/t16-/m1/s1. The SMILES string of the molecule is O=C(C[C@@H]1COCCN1)N1CC=C(c2ccc(F)cc2)CC1. The fraction of sp³-hybridized carbons (Fsp3) is 0.471. The van der Waals surface area contributed by atoms with Crippen molar-refractivity contribution in [1.29, 1.82) is 0 Å². The highest BCUT2D eigenvalue weighted by molar-refractivity contribution is 5.78. The number of carbonyl (C=O) groups excluding carboxylic acids is 1. The Bertz CT molecular complexity index is 550. The van der Waals surface area contributed by atoms with Crippen molar-refractivity contribution in [3.05, 3.63) is 41.7 Å². The van der Waals surface area contributed by atoms with Gasteiger partial charge >= 0.3 is 0 Å². The molecule has 0 aliphatic carbocycles. The molecular formula is C17H21FN2O2. The van der Waals surface area contributed by atoms with Crippen molar-refractivity contribution < 1.29 is 13.9 Å². The Kier molecular flexibility index (Phi) is 4.85.